The summed E-state index contributed by atoms with van der Waals surface area (Å²) in [4.78, 5) is 6.42. The van der Waals surface area contributed by atoms with Crippen molar-refractivity contribution in [1.29, 1.82) is 0 Å². The zero-order valence-corrected chi connectivity index (χ0v) is 12.9. The molecule has 0 saturated carbocycles. The molecule has 0 radical (unpaired) electrons. The van der Waals surface area contributed by atoms with Gasteiger partial charge >= 0.3 is 0 Å². The van der Waals surface area contributed by atoms with Crippen molar-refractivity contribution in [1.82, 2.24) is 10.2 Å². The fraction of sp³-hybridized carbons (Fsp3) is 0.533. The fourth-order valence-corrected chi connectivity index (χ4v) is 1.86. The molecule has 112 valence electrons. The first-order valence-corrected chi connectivity index (χ1v) is 6.69. The van der Waals surface area contributed by atoms with Gasteiger partial charge in [-0.15, -0.1) is 0 Å². The molecule has 0 aromatic heterocycles. The number of rotatable bonds is 4. The van der Waals surface area contributed by atoms with Gasteiger partial charge in [-0.3, -0.25) is 4.99 Å². The Bertz CT molecular complexity index is 446. The predicted octanol–water partition coefficient (Wildman–Crippen LogP) is 2.13. The van der Waals surface area contributed by atoms with Crippen LogP contribution in [0.25, 0.3) is 0 Å². The summed E-state index contributed by atoms with van der Waals surface area (Å²) < 4.78 is 13.0. The number of likely N-dealkylation sites (N-methyl/N-ethyl adjacent to an activating group) is 1. The van der Waals surface area contributed by atoms with Gasteiger partial charge in [0.25, 0.3) is 0 Å². The van der Waals surface area contributed by atoms with Crippen molar-refractivity contribution in [2.75, 3.05) is 20.6 Å². The Morgan fingerprint density at radius 1 is 1.30 bits per heavy atom. The summed E-state index contributed by atoms with van der Waals surface area (Å²) in [6.07, 6.45) is 0. The summed E-state index contributed by atoms with van der Waals surface area (Å²) >= 11 is 0. The van der Waals surface area contributed by atoms with E-state index in [0.717, 1.165) is 5.56 Å². The van der Waals surface area contributed by atoms with Gasteiger partial charge in [0, 0.05) is 5.54 Å². The molecule has 0 amide bonds. The van der Waals surface area contributed by atoms with Gasteiger partial charge < -0.3 is 16.0 Å². The maximum atomic E-state index is 13.0. The van der Waals surface area contributed by atoms with Crippen LogP contribution >= 0.6 is 0 Å². The lowest BCUT2D eigenvalue weighted by atomic mass is 10.1. The lowest BCUT2D eigenvalue weighted by Crippen LogP contribution is -2.45. The van der Waals surface area contributed by atoms with Crippen LogP contribution < -0.4 is 11.1 Å². The zero-order chi connectivity index (χ0) is 15.3. The van der Waals surface area contributed by atoms with Gasteiger partial charge in [0.05, 0.1) is 12.6 Å². The molecule has 1 unspecified atom stereocenters. The Labute approximate surface area is 120 Å². The number of halogens is 1. The van der Waals surface area contributed by atoms with Crippen molar-refractivity contribution in [3.63, 3.8) is 0 Å². The van der Waals surface area contributed by atoms with Crippen LogP contribution in [-0.4, -0.2) is 37.0 Å². The normalized spacial score (nSPS) is 14.4. The second-order valence-corrected chi connectivity index (χ2v) is 6.13. The minimum atomic E-state index is -0.233. The van der Waals surface area contributed by atoms with Crippen LogP contribution in [0, 0.1) is 5.82 Å². The Morgan fingerprint density at radius 2 is 1.85 bits per heavy atom. The van der Waals surface area contributed by atoms with Gasteiger partial charge in [-0.1, -0.05) is 12.1 Å². The standard InChI is InChI=1S/C15H25FN4/c1-15(2,3)19-14(17)18-10-13(20(4)5)11-6-8-12(16)9-7-11/h6-9,13H,10H2,1-5H3,(H3,17,18,19). The van der Waals surface area contributed by atoms with E-state index >= 15 is 0 Å². The maximum Gasteiger partial charge on any atom is 0.189 e. The zero-order valence-electron chi connectivity index (χ0n) is 12.9. The second-order valence-electron chi connectivity index (χ2n) is 6.13. The number of nitrogens with zero attached hydrogens (tertiary/aromatic N) is 2. The fourth-order valence-electron chi connectivity index (χ4n) is 1.86. The third kappa shape index (κ3) is 5.57. The van der Waals surface area contributed by atoms with Crippen LogP contribution in [0.3, 0.4) is 0 Å². The average Bonchev–Trinajstić information content (AvgIpc) is 2.29. The molecule has 5 heteroatoms. The molecule has 1 aromatic rings. The van der Waals surface area contributed by atoms with E-state index < -0.39 is 0 Å². The highest BCUT2D eigenvalue weighted by molar-refractivity contribution is 5.78. The predicted molar refractivity (Wildman–Crippen MR) is 82.2 cm³/mol. The topological polar surface area (TPSA) is 53.6 Å². The summed E-state index contributed by atoms with van der Waals surface area (Å²) in [5.74, 6) is 0.190. The van der Waals surface area contributed by atoms with E-state index in [2.05, 4.69) is 10.3 Å². The minimum absolute atomic E-state index is 0.0657. The van der Waals surface area contributed by atoms with Gasteiger partial charge in [-0.25, -0.2) is 4.39 Å². The first-order chi connectivity index (χ1) is 9.19. The van der Waals surface area contributed by atoms with Crippen molar-refractivity contribution in [3.05, 3.63) is 35.6 Å². The maximum absolute atomic E-state index is 13.0. The lowest BCUT2D eigenvalue weighted by molar-refractivity contribution is 0.306. The molecule has 0 bridgehead atoms. The van der Waals surface area contributed by atoms with E-state index in [9.17, 15) is 4.39 Å². The summed E-state index contributed by atoms with van der Waals surface area (Å²) in [6, 6.07) is 6.56. The molecule has 3 N–H and O–H groups in total. The van der Waals surface area contributed by atoms with E-state index in [1.807, 2.05) is 39.8 Å². The van der Waals surface area contributed by atoms with E-state index in [1.54, 1.807) is 12.1 Å². The van der Waals surface area contributed by atoms with E-state index in [1.165, 1.54) is 12.1 Å². The van der Waals surface area contributed by atoms with Crippen molar-refractivity contribution in [2.45, 2.75) is 32.4 Å². The first kappa shape index (κ1) is 16.4. The smallest absolute Gasteiger partial charge is 0.189 e. The molecule has 1 aromatic carbocycles. The van der Waals surface area contributed by atoms with Crippen LogP contribution in [0.2, 0.25) is 0 Å². The number of benzene rings is 1. The molecule has 1 rings (SSSR count). The summed E-state index contributed by atoms with van der Waals surface area (Å²) in [5, 5.41) is 3.12. The number of hydrogen-bond donors (Lipinski definition) is 2. The Balaban J connectivity index is 2.78. The quantitative estimate of drug-likeness (QED) is 0.656. The molecule has 0 heterocycles. The number of aliphatic imine (C=N–C) groups is 1. The van der Waals surface area contributed by atoms with Gasteiger partial charge in [0.15, 0.2) is 5.96 Å². The van der Waals surface area contributed by atoms with E-state index in [4.69, 9.17) is 5.73 Å². The van der Waals surface area contributed by atoms with Gasteiger partial charge in [-0.2, -0.15) is 0 Å². The number of guanidine groups is 1. The Hall–Kier alpha value is -1.62. The van der Waals surface area contributed by atoms with E-state index in [0.29, 0.717) is 12.5 Å². The van der Waals surface area contributed by atoms with Crippen LogP contribution in [0.5, 0.6) is 0 Å². The van der Waals surface area contributed by atoms with Crippen molar-refractivity contribution < 1.29 is 4.39 Å². The first-order valence-electron chi connectivity index (χ1n) is 6.69. The molecule has 20 heavy (non-hydrogen) atoms. The van der Waals surface area contributed by atoms with Crippen molar-refractivity contribution in [2.24, 2.45) is 10.7 Å². The molecule has 0 aliphatic heterocycles. The second kappa shape index (κ2) is 6.70. The van der Waals surface area contributed by atoms with Crippen LogP contribution in [-0.2, 0) is 0 Å². The average molecular weight is 280 g/mol. The Kier molecular flexibility index (Phi) is 5.51. The third-order valence-electron chi connectivity index (χ3n) is 2.82. The van der Waals surface area contributed by atoms with Gasteiger partial charge in [0.2, 0.25) is 0 Å². The highest BCUT2D eigenvalue weighted by Gasteiger charge is 2.15. The van der Waals surface area contributed by atoms with Crippen molar-refractivity contribution in [3.8, 4) is 0 Å². The Morgan fingerprint density at radius 3 is 2.30 bits per heavy atom. The molecular formula is C15H25FN4. The molecule has 0 spiro atoms. The number of hydrogen-bond acceptors (Lipinski definition) is 2. The van der Waals surface area contributed by atoms with Crippen molar-refractivity contribution >= 4 is 5.96 Å². The largest absolute Gasteiger partial charge is 0.370 e. The monoisotopic (exact) mass is 280 g/mol. The summed E-state index contributed by atoms with van der Waals surface area (Å²) in [7, 11) is 3.94. The highest BCUT2D eigenvalue weighted by atomic mass is 19.1. The molecule has 4 nitrogen and oxygen atoms in total. The summed E-state index contributed by atoms with van der Waals surface area (Å²) in [6.45, 7) is 6.60. The molecule has 0 saturated heterocycles. The van der Waals surface area contributed by atoms with Crippen LogP contribution in [0.15, 0.2) is 29.3 Å². The van der Waals surface area contributed by atoms with Gasteiger partial charge in [-0.05, 0) is 52.6 Å². The number of nitrogens with one attached hydrogen (secondary N) is 1. The molecule has 0 aliphatic rings. The summed E-state index contributed by atoms with van der Waals surface area (Å²) in [5.41, 5.74) is 6.77. The number of nitrogens with two attached hydrogens (primary N) is 1. The lowest BCUT2D eigenvalue weighted by Gasteiger charge is -2.25. The minimum Gasteiger partial charge on any atom is -0.370 e. The SMILES string of the molecule is CN(C)C(CN=C(N)NC(C)(C)C)c1ccc(F)cc1. The van der Waals surface area contributed by atoms with Crippen LogP contribution in [0.1, 0.15) is 32.4 Å². The van der Waals surface area contributed by atoms with Gasteiger partial charge in [0.1, 0.15) is 5.82 Å². The molecule has 1 atom stereocenters. The third-order valence-corrected chi connectivity index (χ3v) is 2.82. The highest BCUT2D eigenvalue weighted by Crippen LogP contribution is 2.18. The van der Waals surface area contributed by atoms with Crippen LogP contribution in [0.4, 0.5) is 4.39 Å². The van der Waals surface area contributed by atoms with E-state index in [-0.39, 0.29) is 17.4 Å². The molecule has 0 aliphatic carbocycles. The molecule has 0 fully saturated rings. The molecular weight excluding hydrogens is 255 g/mol.